The maximum absolute atomic E-state index is 14.7. The fraction of sp³-hybridized carbons (Fsp3) is 0.160. The summed E-state index contributed by atoms with van der Waals surface area (Å²) in [6, 6.07) is 16.5. The number of hydrogen-bond acceptors (Lipinski definition) is 6. The van der Waals surface area contributed by atoms with Gasteiger partial charge in [0.25, 0.3) is 0 Å². The Kier molecular flexibility index (Phi) is 5.90. The number of aromatic nitrogens is 2. The second kappa shape index (κ2) is 9.15. The molecule has 171 valence electrons. The van der Waals surface area contributed by atoms with Crippen LogP contribution in [-0.4, -0.2) is 52.8 Å². The summed E-state index contributed by atoms with van der Waals surface area (Å²) in [5.41, 5.74) is 0.301. The molecule has 1 aliphatic heterocycles. The van der Waals surface area contributed by atoms with Crippen molar-refractivity contribution in [3.05, 3.63) is 71.5 Å². The molecule has 0 unspecified atom stereocenters. The van der Waals surface area contributed by atoms with Crippen molar-refractivity contribution in [3.8, 4) is 28.5 Å². The van der Waals surface area contributed by atoms with Gasteiger partial charge in [0.15, 0.2) is 5.82 Å². The van der Waals surface area contributed by atoms with Crippen LogP contribution in [0.1, 0.15) is 0 Å². The van der Waals surface area contributed by atoms with E-state index < -0.39 is 5.82 Å². The Bertz CT molecular complexity index is 1340. The van der Waals surface area contributed by atoms with Gasteiger partial charge in [0.2, 0.25) is 5.88 Å². The first-order valence-corrected chi connectivity index (χ1v) is 11.0. The van der Waals surface area contributed by atoms with Crippen molar-refractivity contribution >= 4 is 34.6 Å². The monoisotopic (exact) mass is 477 g/mol. The molecule has 3 aromatic carbocycles. The number of benzene rings is 3. The van der Waals surface area contributed by atoms with E-state index in [-0.39, 0.29) is 22.2 Å². The largest absolute Gasteiger partial charge is 0.507 e. The van der Waals surface area contributed by atoms with E-state index in [2.05, 4.69) is 10.2 Å². The molecule has 1 saturated heterocycles. The smallest absolute Gasteiger partial charge is 0.312 e. The number of rotatable bonds is 5. The highest BCUT2D eigenvalue weighted by Gasteiger charge is 2.24. The quantitative estimate of drug-likeness (QED) is 0.446. The number of phenols is 1. The molecule has 1 radical (unpaired) electrons. The summed E-state index contributed by atoms with van der Waals surface area (Å²) in [5.74, 6) is 0.530. The van der Waals surface area contributed by atoms with Crippen molar-refractivity contribution in [2.45, 2.75) is 0 Å². The summed E-state index contributed by atoms with van der Waals surface area (Å²) >= 11 is 6.61. The van der Waals surface area contributed by atoms with E-state index in [0.29, 0.717) is 54.1 Å². The molecule has 0 bridgehead atoms. The van der Waals surface area contributed by atoms with Crippen molar-refractivity contribution < 1.29 is 19.0 Å². The van der Waals surface area contributed by atoms with E-state index in [1.54, 1.807) is 29.2 Å². The molecule has 9 heteroatoms. The van der Waals surface area contributed by atoms with Crippen LogP contribution in [0.5, 0.6) is 17.4 Å². The number of anilines is 1. The first-order chi connectivity index (χ1) is 16.5. The Morgan fingerprint density at radius 1 is 0.971 bits per heavy atom. The third kappa shape index (κ3) is 4.08. The number of aromatic hydroxyl groups is 1. The molecule has 0 aliphatic carbocycles. The zero-order valence-electron chi connectivity index (χ0n) is 17.9. The standard InChI is InChI=1S/C25H19ClFN4O3/c26-20-14-17-18(13-19(20)23-21(27)7-4-8-22(23)33)25(34-16-5-2-1-3-6-16)29-28-24(17)31-11-9-30(15-32)10-12-31/h1-8,13-14,33H,9-12H2. The second-order valence-electron chi connectivity index (χ2n) is 7.82. The van der Waals surface area contributed by atoms with Crippen molar-refractivity contribution in [3.63, 3.8) is 0 Å². The highest BCUT2D eigenvalue weighted by molar-refractivity contribution is 6.34. The molecule has 0 saturated carbocycles. The van der Waals surface area contributed by atoms with Gasteiger partial charge in [-0.25, -0.2) is 4.39 Å². The minimum Gasteiger partial charge on any atom is -0.507 e. The Hall–Kier alpha value is -3.91. The molecule has 0 atom stereocenters. The first-order valence-electron chi connectivity index (χ1n) is 10.6. The lowest BCUT2D eigenvalue weighted by Gasteiger charge is -2.33. The summed E-state index contributed by atoms with van der Waals surface area (Å²) in [7, 11) is 0. The number of para-hydroxylation sites is 1. The van der Waals surface area contributed by atoms with Crippen LogP contribution in [0, 0.1) is 5.82 Å². The average Bonchev–Trinajstić information content (AvgIpc) is 2.85. The van der Waals surface area contributed by atoms with Gasteiger partial charge >= 0.3 is 6.41 Å². The van der Waals surface area contributed by atoms with Gasteiger partial charge in [-0.3, -0.25) is 4.79 Å². The number of piperazine rings is 1. The normalized spacial score (nSPS) is 13.8. The number of amides is 1. The number of hydrogen-bond donors (Lipinski definition) is 1. The van der Waals surface area contributed by atoms with Gasteiger partial charge in [-0.2, -0.15) is 0 Å². The van der Waals surface area contributed by atoms with E-state index >= 15 is 0 Å². The SMILES string of the molecule is O=[C]N1CCN(c2nnc(Oc3ccccc3)c3cc(-c4c(O)cccc4F)c(Cl)cc23)CC1. The molecule has 1 fully saturated rings. The Morgan fingerprint density at radius 3 is 2.44 bits per heavy atom. The summed E-state index contributed by atoms with van der Waals surface area (Å²) in [6.07, 6.45) is 1.92. The van der Waals surface area contributed by atoms with E-state index in [1.165, 1.54) is 18.2 Å². The van der Waals surface area contributed by atoms with Crippen LogP contribution < -0.4 is 9.64 Å². The Labute approximate surface area is 200 Å². The van der Waals surface area contributed by atoms with Crippen LogP contribution in [-0.2, 0) is 4.79 Å². The third-order valence-corrected chi connectivity index (χ3v) is 6.05. The highest BCUT2D eigenvalue weighted by Crippen LogP contribution is 2.42. The van der Waals surface area contributed by atoms with Crippen LogP contribution in [0.4, 0.5) is 10.2 Å². The molecule has 7 nitrogen and oxygen atoms in total. The van der Waals surface area contributed by atoms with E-state index in [9.17, 15) is 14.3 Å². The molecule has 1 aromatic heterocycles. The van der Waals surface area contributed by atoms with Gasteiger partial charge in [0.05, 0.1) is 10.9 Å². The molecule has 1 N–H and O–H groups in total. The topological polar surface area (TPSA) is 78.8 Å². The lowest BCUT2D eigenvalue weighted by Crippen LogP contribution is -2.46. The molecule has 34 heavy (non-hydrogen) atoms. The fourth-order valence-electron chi connectivity index (χ4n) is 4.03. The minimum absolute atomic E-state index is 0.00596. The molecule has 1 aliphatic rings. The van der Waals surface area contributed by atoms with Crippen LogP contribution in [0.15, 0.2) is 60.7 Å². The van der Waals surface area contributed by atoms with Crippen LogP contribution in [0.3, 0.4) is 0 Å². The zero-order valence-corrected chi connectivity index (χ0v) is 18.7. The van der Waals surface area contributed by atoms with Gasteiger partial charge in [-0.1, -0.05) is 35.9 Å². The molecule has 5 rings (SSSR count). The van der Waals surface area contributed by atoms with Crippen molar-refractivity contribution in [2.24, 2.45) is 0 Å². The number of ether oxygens (including phenoxy) is 1. The van der Waals surface area contributed by atoms with Gasteiger partial charge in [0.1, 0.15) is 17.3 Å². The minimum atomic E-state index is -0.602. The van der Waals surface area contributed by atoms with E-state index in [1.807, 2.05) is 29.5 Å². The lowest BCUT2D eigenvalue weighted by molar-refractivity contribution is 0.355. The summed E-state index contributed by atoms with van der Waals surface area (Å²) < 4.78 is 20.7. The lowest BCUT2D eigenvalue weighted by atomic mass is 10.00. The second-order valence-corrected chi connectivity index (χ2v) is 8.23. The van der Waals surface area contributed by atoms with Crippen molar-refractivity contribution in [2.75, 3.05) is 31.1 Å². The molecule has 4 aromatic rings. The van der Waals surface area contributed by atoms with Crippen LogP contribution in [0.2, 0.25) is 5.02 Å². The maximum Gasteiger partial charge on any atom is 0.312 e. The summed E-state index contributed by atoms with van der Waals surface area (Å²) in [5, 5.41) is 20.5. The molecular weight excluding hydrogens is 459 g/mol. The zero-order chi connectivity index (χ0) is 23.7. The Morgan fingerprint density at radius 2 is 1.74 bits per heavy atom. The molecule has 0 spiro atoms. The van der Waals surface area contributed by atoms with Crippen LogP contribution in [0.25, 0.3) is 21.9 Å². The summed E-state index contributed by atoms with van der Waals surface area (Å²) in [6.45, 7) is 2.10. The third-order valence-electron chi connectivity index (χ3n) is 5.74. The number of nitrogens with zero attached hydrogens (tertiary/aromatic N) is 4. The van der Waals surface area contributed by atoms with E-state index in [0.717, 1.165) is 0 Å². The van der Waals surface area contributed by atoms with Gasteiger partial charge in [-0.15, -0.1) is 10.2 Å². The number of fused-ring (bicyclic) bond motifs is 1. The van der Waals surface area contributed by atoms with Gasteiger partial charge in [-0.05, 0) is 36.4 Å². The molecule has 1 amide bonds. The number of carbonyl (C=O) groups excluding carboxylic acids is 1. The molecule has 2 heterocycles. The van der Waals surface area contributed by atoms with Crippen molar-refractivity contribution in [1.29, 1.82) is 0 Å². The first kappa shape index (κ1) is 21.9. The van der Waals surface area contributed by atoms with Gasteiger partial charge < -0.3 is 19.6 Å². The van der Waals surface area contributed by atoms with E-state index in [4.69, 9.17) is 16.3 Å². The predicted molar refractivity (Wildman–Crippen MR) is 128 cm³/mol. The van der Waals surface area contributed by atoms with Gasteiger partial charge in [0, 0.05) is 42.2 Å². The number of phenolic OH excluding ortho intramolecular Hbond substituents is 1. The summed E-state index contributed by atoms with van der Waals surface area (Å²) in [4.78, 5) is 14.6. The molecular formula is C25H19ClFN4O3. The predicted octanol–water partition coefficient (Wildman–Crippen LogP) is 4.78. The maximum atomic E-state index is 14.7. The fourth-order valence-corrected chi connectivity index (χ4v) is 4.28. The van der Waals surface area contributed by atoms with Crippen molar-refractivity contribution in [1.82, 2.24) is 15.1 Å². The van der Waals surface area contributed by atoms with Crippen LogP contribution >= 0.6 is 11.6 Å². The number of halogens is 2. The highest BCUT2D eigenvalue weighted by atomic mass is 35.5. The average molecular weight is 478 g/mol. The Balaban J connectivity index is 1.68.